The Bertz CT molecular complexity index is 1300. The predicted molar refractivity (Wildman–Crippen MR) is 141 cm³/mol. The molecule has 5 rings (SSSR count). The number of aromatic nitrogens is 3. The first-order valence-electron chi connectivity index (χ1n) is 12.4. The molecule has 2 N–H and O–H groups in total. The van der Waals surface area contributed by atoms with E-state index in [1.165, 1.54) is 4.31 Å². The number of anilines is 1. The van der Waals surface area contributed by atoms with Crippen LogP contribution in [-0.2, 0) is 14.8 Å². The van der Waals surface area contributed by atoms with Crippen molar-refractivity contribution in [1.82, 2.24) is 18.8 Å². The topological polar surface area (TPSA) is 127 Å². The van der Waals surface area contributed by atoms with Gasteiger partial charge in [0.15, 0.2) is 0 Å². The van der Waals surface area contributed by atoms with E-state index in [1.54, 1.807) is 23.8 Å². The fraction of sp³-hybridized carbons (Fsp3) is 0.696. The molecule has 2 aromatic heterocycles. The Morgan fingerprint density at radius 3 is 2.69 bits per heavy atom. The van der Waals surface area contributed by atoms with Crippen LogP contribution in [-0.4, -0.2) is 81.7 Å². The number of nitrogens with one attached hydrogen (secondary N) is 1. The molecule has 1 saturated carbocycles. The third-order valence-corrected chi connectivity index (χ3v) is 10.8. The predicted octanol–water partition coefficient (Wildman–Crippen LogP) is 2.21. The Labute approximate surface area is 222 Å². The van der Waals surface area contributed by atoms with E-state index >= 15 is 4.39 Å². The van der Waals surface area contributed by atoms with Crippen molar-refractivity contribution >= 4 is 49.6 Å². The van der Waals surface area contributed by atoms with Crippen molar-refractivity contribution < 1.29 is 22.7 Å². The highest BCUT2D eigenvalue weighted by Crippen LogP contribution is 2.39. The van der Waals surface area contributed by atoms with Crippen molar-refractivity contribution in [3.8, 4) is 0 Å². The van der Waals surface area contributed by atoms with Gasteiger partial charge in [-0.15, -0.1) is 0 Å². The lowest BCUT2D eigenvalue weighted by Crippen LogP contribution is -2.52. The molecule has 0 amide bonds. The first-order valence-corrected chi connectivity index (χ1v) is 14.9. The van der Waals surface area contributed by atoms with E-state index in [2.05, 4.69) is 15.3 Å². The summed E-state index contributed by atoms with van der Waals surface area (Å²) < 4.78 is 49.7. The molecule has 1 aliphatic carbocycles. The fourth-order valence-corrected chi connectivity index (χ4v) is 8.12. The van der Waals surface area contributed by atoms with Gasteiger partial charge in [-0.25, -0.2) is 17.8 Å². The number of hydrogen-bond donors (Lipinski definition) is 2. The SMILES string of the molecule is C[C@@]1(O)CCC[C@H]1n1c(=O)c(I)cc2cnc(N[C@H]3CCN(S(=O)(=O)C4CCOCC4)C[C@@H]3F)nc21. The second-order valence-corrected chi connectivity index (χ2v) is 13.6. The molecule has 36 heavy (non-hydrogen) atoms. The molecule has 0 aromatic carbocycles. The van der Waals surface area contributed by atoms with Crippen molar-refractivity contribution in [3.63, 3.8) is 0 Å². The maximum Gasteiger partial charge on any atom is 0.266 e. The number of rotatable bonds is 5. The average molecular weight is 636 g/mol. The largest absolute Gasteiger partial charge is 0.388 e. The average Bonchev–Trinajstić information content (AvgIpc) is 3.20. The first kappa shape index (κ1) is 26.2. The van der Waals surface area contributed by atoms with Crippen LogP contribution in [0.5, 0.6) is 0 Å². The number of alkyl halides is 1. The van der Waals surface area contributed by atoms with Gasteiger partial charge in [-0.2, -0.15) is 9.29 Å². The molecule has 198 valence electrons. The van der Waals surface area contributed by atoms with Crippen molar-refractivity contribution in [3.05, 3.63) is 26.2 Å². The minimum absolute atomic E-state index is 0.169. The zero-order valence-electron chi connectivity index (χ0n) is 20.1. The first-order chi connectivity index (χ1) is 17.1. The summed E-state index contributed by atoms with van der Waals surface area (Å²) in [7, 11) is -3.59. The van der Waals surface area contributed by atoms with Crippen LogP contribution in [0.1, 0.15) is 51.5 Å². The van der Waals surface area contributed by atoms with Crippen LogP contribution in [0.15, 0.2) is 17.1 Å². The number of aliphatic hydroxyl groups is 1. The van der Waals surface area contributed by atoms with Crippen LogP contribution in [0.3, 0.4) is 0 Å². The molecule has 0 unspecified atom stereocenters. The maximum atomic E-state index is 15.2. The van der Waals surface area contributed by atoms with Crippen LogP contribution < -0.4 is 10.9 Å². The Morgan fingerprint density at radius 2 is 2.03 bits per heavy atom. The molecule has 0 spiro atoms. The standard InChI is InChI=1S/C23H31FIN5O5S/c1-23(32)7-2-3-19(23)30-20-14(11-17(25)21(30)31)12-26-22(28-20)27-18-4-8-29(13-16(18)24)36(33,34)15-5-9-35-10-6-15/h11-12,15-16,18-19,32H,2-10,13H2,1H3,(H,26,27,28)/t16-,18-,19+,23+/m0/s1. The van der Waals surface area contributed by atoms with E-state index in [-0.39, 0.29) is 31.0 Å². The van der Waals surface area contributed by atoms with Crippen LogP contribution in [0, 0.1) is 3.57 Å². The number of fused-ring (bicyclic) bond motifs is 1. The van der Waals surface area contributed by atoms with Gasteiger partial charge in [-0.1, -0.05) is 0 Å². The number of pyridine rings is 1. The van der Waals surface area contributed by atoms with Gasteiger partial charge in [-0.05, 0) is 74.1 Å². The molecular weight excluding hydrogens is 604 g/mol. The van der Waals surface area contributed by atoms with Gasteiger partial charge in [-0.3, -0.25) is 9.36 Å². The van der Waals surface area contributed by atoms with E-state index in [0.717, 1.165) is 6.42 Å². The number of halogens is 2. The zero-order chi connectivity index (χ0) is 25.7. The van der Waals surface area contributed by atoms with Crippen LogP contribution in [0.2, 0.25) is 0 Å². The summed E-state index contributed by atoms with van der Waals surface area (Å²) in [5.41, 5.74) is -0.873. The smallest absolute Gasteiger partial charge is 0.266 e. The molecule has 0 bridgehead atoms. The minimum Gasteiger partial charge on any atom is -0.388 e. The number of hydrogen-bond acceptors (Lipinski definition) is 8. The molecule has 3 aliphatic rings. The van der Waals surface area contributed by atoms with Gasteiger partial charge >= 0.3 is 0 Å². The summed E-state index contributed by atoms with van der Waals surface area (Å²) in [4.78, 5) is 22.0. The van der Waals surface area contributed by atoms with Gasteiger partial charge in [0.05, 0.1) is 26.5 Å². The lowest BCUT2D eigenvalue weighted by molar-refractivity contribution is 0.0266. The van der Waals surface area contributed by atoms with Gasteiger partial charge in [0.2, 0.25) is 16.0 Å². The van der Waals surface area contributed by atoms with E-state index in [9.17, 15) is 18.3 Å². The quantitative estimate of drug-likeness (QED) is 0.480. The molecule has 4 atom stereocenters. The molecule has 3 fully saturated rings. The number of sulfonamides is 1. The van der Waals surface area contributed by atoms with Gasteiger partial charge < -0.3 is 15.2 Å². The molecular formula is C23H31FIN5O5S. The van der Waals surface area contributed by atoms with E-state index in [1.807, 2.05) is 22.6 Å². The van der Waals surface area contributed by atoms with Crippen LogP contribution in [0.25, 0.3) is 11.0 Å². The van der Waals surface area contributed by atoms with Crippen molar-refractivity contribution in [2.24, 2.45) is 0 Å². The second-order valence-electron chi connectivity index (χ2n) is 10.2. The van der Waals surface area contributed by atoms with Crippen LogP contribution in [0.4, 0.5) is 10.3 Å². The zero-order valence-corrected chi connectivity index (χ0v) is 23.0. The highest BCUT2D eigenvalue weighted by molar-refractivity contribution is 14.1. The number of nitrogens with zero attached hydrogens (tertiary/aromatic N) is 4. The Kier molecular flexibility index (Phi) is 7.31. The second kappa shape index (κ2) is 10.0. The summed E-state index contributed by atoms with van der Waals surface area (Å²) in [5.74, 6) is 0.169. The molecule has 2 aromatic rings. The van der Waals surface area contributed by atoms with E-state index in [0.29, 0.717) is 53.5 Å². The summed E-state index contributed by atoms with van der Waals surface area (Å²) in [5, 5.41) is 14.1. The van der Waals surface area contributed by atoms with Crippen molar-refractivity contribution in [1.29, 1.82) is 0 Å². The molecule has 13 heteroatoms. The summed E-state index contributed by atoms with van der Waals surface area (Å²) in [6, 6.07) is 0.625. The van der Waals surface area contributed by atoms with Gasteiger partial charge in [0.25, 0.3) is 5.56 Å². The third-order valence-electron chi connectivity index (χ3n) is 7.69. The Morgan fingerprint density at radius 1 is 1.28 bits per heavy atom. The van der Waals surface area contributed by atoms with Gasteiger partial charge in [0, 0.05) is 37.9 Å². The molecule has 10 nitrogen and oxygen atoms in total. The molecule has 0 radical (unpaired) electrons. The van der Waals surface area contributed by atoms with Crippen molar-refractivity contribution in [2.45, 2.75) is 74.6 Å². The minimum atomic E-state index is -3.59. The monoisotopic (exact) mass is 635 g/mol. The van der Waals surface area contributed by atoms with Crippen molar-refractivity contribution in [2.75, 3.05) is 31.6 Å². The number of ether oxygens (including phenoxy) is 1. The third kappa shape index (κ3) is 4.88. The Balaban J connectivity index is 1.37. The van der Waals surface area contributed by atoms with Gasteiger partial charge in [0.1, 0.15) is 11.8 Å². The lowest BCUT2D eigenvalue weighted by Gasteiger charge is -2.37. The maximum absolute atomic E-state index is 15.2. The van der Waals surface area contributed by atoms with E-state index in [4.69, 9.17) is 4.74 Å². The summed E-state index contributed by atoms with van der Waals surface area (Å²) >= 11 is 1.98. The molecule has 2 saturated heterocycles. The number of piperidine rings is 1. The normalized spacial score (nSPS) is 30.6. The summed E-state index contributed by atoms with van der Waals surface area (Å²) in [6.07, 6.45) is 3.31. The highest BCUT2D eigenvalue weighted by atomic mass is 127. The molecule has 4 heterocycles. The fourth-order valence-electron chi connectivity index (χ4n) is 5.60. The highest BCUT2D eigenvalue weighted by Gasteiger charge is 2.41. The van der Waals surface area contributed by atoms with E-state index < -0.39 is 39.1 Å². The Hall–Kier alpha value is -1.42. The lowest BCUT2D eigenvalue weighted by atomic mass is 10.00. The van der Waals surface area contributed by atoms with Crippen LogP contribution >= 0.6 is 22.6 Å². The molecule has 2 aliphatic heterocycles. The summed E-state index contributed by atoms with van der Waals surface area (Å²) in [6.45, 7) is 2.53.